The van der Waals surface area contributed by atoms with Crippen molar-refractivity contribution >= 4 is 29.4 Å². The molecule has 5 aromatic rings. The van der Waals surface area contributed by atoms with Gasteiger partial charge in [-0.3, -0.25) is 4.57 Å². The minimum Gasteiger partial charge on any atom is -0.340 e. The highest BCUT2D eigenvalue weighted by Crippen LogP contribution is 2.51. The van der Waals surface area contributed by atoms with E-state index in [1.165, 1.54) is 55.2 Å². The number of benzene rings is 4. The van der Waals surface area contributed by atoms with Crippen molar-refractivity contribution in [1.29, 1.82) is 0 Å². The zero-order chi connectivity index (χ0) is 27.9. The first-order valence-electron chi connectivity index (χ1n) is 14.5. The van der Waals surface area contributed by atoms with Crippen LogP contribution in [0.4, 0.5) is 0 Å². The highest BCUT2D eigenvalue weighted by Gasteiger charge is 2.36. The smallest absolute Gasteiger partial charge is 0.330 e. The summed E-state index contributed by atoms with van der Waals surface area (Å²) in [5.74, 6) is 0. The van der Waals surface area contributed by atoms with E-state index < -0.39 is 7.60 Å². The number of hydrogen-bond acceptors (Lipinski definition) is 3. The van der Waals surface area contributed by atoms with Crippen molar-refractivity contribution in [3.63, 3.8) is 0 Å². The van der Waals surface area contributed by atoms with Gasteiger partial charge in [-0.15, -0.1) is 0 Å². The van der Waals surface area contributed by atoms with Crippen LogP contribution in [0.1, 0.15) is 51.7 Å². The minimum atomic E-state index is -3.03. The maximum atomic E-state index is 13.0. The van der Waals surface area contributed by atoms with Crippen molar-refractivity contribution in [2.24, 2.45) is 0 Å². The Balaban J connectivity index is 1.45. The molecule has 0 saturated heterocycles. The lowest BCUT2D eigenvalue weighted by Gasteiger charge is -2.21. The molecule has 1 aliphatic rings. The molecule has 6 rings (SSSR count). The van der Waals surface area contributed by atoms with E-state index in [1.54, 1.807) is 0 Å². The van der Waals surface area contributed by atoms with Gasteiger partial charge in [-0.1, -0.05) is 74.5 Å². The van der Waals surface area contributed by atoms with Gasteiger partial charge < -0.3 is 13.6 Å². The van der Waals surface area contributed by atoms with E-state index in [0.717, 1.165) is 19.4 Å². The standard InChI is InChI=1S/C35H38NO3P/c1-5-38-40(37,39-6-2)21-13-12-20-36-33-19-18-26(25-14-8-7-9-15-25)22-29(33)30-23-28-27-16-10-11-17-31(27)35(3,4)32(28)24-34(30)36/h7-11,14-19,22-24H,5-6,12-13,20-21H2,1-4H3. The molecule has 4 nitrogen and oxygen atoms in total. The predicted octanol–water partition coefficient (Wildman–Crippen LogP) is 9.81. The topological polar surface area (TPSA) is 40.5 Å². The molecule has 0 N–H and O–H groups in total. The molecule has 0 aliphatic heterocycles. The van der Waals surface area contributed by atoms with Crippen LogP contribution in [0, 0.1) is 0 Å². The number of aryl methyl sites for hydroxylation is 1. The SMILES string of the molecule is CCOP(=O)(CCCCn1c2ccc(-c3ccccc3)cc2c2cc3c(cc21)C(C)(C)c1ccccc1-3)OCC. The molecule has 0 unspecified atom stereocenters. The normalized spacial score (nSPS) is 14.1. The molecule has 0 amide bonds. The molecule has 1 aromatic heterocycles. The van der Waals surface area contributed by atoms with E-state index in [9.17, 15) is 4.57 Å². The van der Waals surface area contributed by atoms with Crippen LogP contribution in [0.3, 0.4) is 0 Å². The fourth-order valence-electron chi connectivity index (χ4n) is 6.48. The fraction of sp³-hybridized carbons (Fsp3) is 0.314. The first kappa shape index (κ1) is 27.0. The average Bonchev–Trinajstić information content (AvgIpc) is 3.38. The van der Waals surface area contributed by atoms with Crippen LogP contribution in [-0.4, -0.2) is 23.9 Å². The van der Waals surface area contributed by atoms with Crippen LogP contribution in [0.15, 0.2) is 84.9 Å². The summed E-state index contributed by atoms with van der Waals surface area (Å²) in [4.78, 5) is 0. The van der Waals surface area contributed by atoms with Gasteiger partial charge in [0.1, 0.15) is 0 Å². The number of nitrogens with zero attached hydrogens (tertiary/aromatic N) is 1. The summed E-state index contributed by atoms with van der Waals surface area (Å²) >= 11 is 0. The molecule has 4 aromatic carbocycles. The number of hydrogen-bond donors (Lipinski definition) is 0. The summed E-state index contributed by atoms with van der Waals surface area (Å²) in [7, 11) is -3.03. The van der Waals surface area contributed by atoms with Crippen LogP contribution in [-0.2, 0) is 25.6 Å². The summed E-state index contributed by atoms with van der Waals surface area (Å²) in [5, 5.41) is 2.56. The van der Waals surface area contributed by atoms with Crippen molar-refractivity contribution < 1.29 is 13.6 Å². The van der Waals surface area contributed by atoms with E-state index in [0.29, 0.717) is 19.4 Å². The van der Waals surface area contributed by atoms with Crippen LogP contribution < -0.4 is 0 Å². The van der Waals surface area contributed by atoms with Gasteiger partial charge >= 0.3 is 7.60 Å². The average molecular weight is 552 g/mol. The molecule has 0 radical (unpaired) electrons. The van der Waals surface area contributed by atoms with E-state index in [1.807, 2.05) is 13.8 Å². The third-order valence-corrected chi connectivity index (χ3v) is 10.6. The molecule has 0 saturated carbocycles. The van der Waals surface area contributed by atoms with E-state index in [-0.39, 0.29) is 5.41 Å². The van der Waals surface area contributed by atoms with Crippen molar-refractivity contribution in [2.75, 3.05) is 19.4 Å². The molecular weight excluding hydrogens is 513 g/mol. The summed E-state index contributed by atoms with van der Waals surface area (Å²) in [5.41, 5.74) is 10.3. The summed E-state index contributed by atoms with van der Waals surface area (Å²) in [6.07, 6.45) is 2.12. The highest BCUT2D eigenvalue weighted by molar-refractivity contribution is 7.53. The first-order valence-corrected chi connectivity index (χ1v) is 16.2. The summed E-state index contributed by atoms with van der Waals surface area (Å²) < 4.78 is 26.6. The van der Waals surface area contributed by atoms with Gasteiger partial charge in [-0.25, -0.2) is 0 Å². The Labute approximate surface area is 237 Å². The number of fused-ring (bicyclic) bond motifs is 6. The molecule has 1 aliphatic carbocycles. The Bertz CT molecular complexity index is 1720. The van der Waals surface area contributed by atoms with Crippen LogP contribution in [0.5, 0.6) is 0 Å². The molecule has 0 fully saturated rings. The summed E-state index contributed by atoms with van der Waals surface area (Å²) in [6.45, 7) is 10.0. The monoisotopic (exact) mass is 551 g/mol. The molecule has 206 valence electrons. The zero-order valence-corrected chi connectivity index (χ0v) is 24.8. The third kappa shape index (κ3) is 4.63. The highest BCUT2D eigenvalue weighted by atomic mass is 31.2. The zero-order valence-electron chi connectivity index (χ0n) is 23.9. The molecular formula is C35H38NO3P. The van der Waals surface area contributed by atoms with Crippen molar-refractivity contribution in [3.8, 4) is 22.3 Å². The van der Waals surface area contributed by atoms with Gasteiger partial charge in [0.25, 0.3) is 0 Å². The van der Waals surface area contributed by atoms with Gasteiger partial charge in [0.05, 0.1) is 19.4 Å². The van der Waals surface area contributed by atoms with Gasteiger partial charge in [0.15, 0.2) is 0 Å². The lowest BCUT2D eigenvalue weighted by Crippen LogP contribution is -2.15. The largest absolute Gasteiger partial charge is 0.340 e. The number of rotatable bonds is 10. The van der Waals surface area contributed by atoms with Gasteiger partial charge in [-0.2, -0.15) is 0 Å². The van der Waals surface area contributed by atoms with Crippen LogP contribution >= 0.6 is 7.60 Å². The minimum absolute atomic E-state index is 0.0573. The molecule has 0 atom stereocenters. The van der Waals surface area contributed by atoms with Gasteiger partial charge in [0, 0.05) is 33.8 Å². The van der Waals surface area contributed by atoms with Crippen LogP contribution in [0.25, 0.3) is 44.1 Å². The Hall–Kier alpha value is -3.17. The maximum absolute atomic E-state index is 13.0. The second-order valence-electron chi connectivity index (χ2n) is 11.2. The molecule has 0 bridgehead atoms. The van der Waals surface area contributed by atoms with Gasteiger partial charge in [-0.05, 0) is 84.3 Å². The third-order valence-electron chi connectivity index (χ3n) is 8.39. The lowest BCUT2D eigenvalue weighted by molar-refractivity contribution is 0.219. The van der Waals surface area contributed by atoms with E-state index in [4.69, 9.17) is 9.05 Å². The van der Waals surface area contributed by atoms with Crippen molar-refractivity contribution in [3.05, 3.63) is 96.1 Å². The predicted molar refractivity (Wildman–Crippen MR) is 167 cm³/mol. The molecule has 40 heavy (non-hydrogen) atoms. The number of unbranched alkanes of at least 4 members (excludes halogenated alkanes) is 1. The van der Waals surface area contributed by atoms with E-state index in [2.05, 4.69) is 103 Å². The Kier molecular flexibility index (Phi) is 7.21. The first-order chi connectivity index (χ1) is 19.4. The number of aromatic nitrogens is 1. The molecule has 5 heteroatoms. The second kappa shape index (κ2) is 10.7. The van der Waals surface area contributed by atoms with Gasteiger partial charge in [0.2, 0.25) is 0 Å². The Morgan fingerprint density at radius 1 is 0.700 bits per heavy atom. The Morgan fingerprint density at radius 2 is 1.40 bits per heavy atom. The Morgan fingerprint density at radius 3 is 2.15 bits per heavy atom. The lowest BCUT2D eigenvalue weighted by atomic mass is 9.82. The second-order valence-corrected chi connectivity index (χ2v) is 13.4. The maximum Gasteiger partial charge on any atom is 0.330 e. The summed E-state index contributed by atoms with van der Waals surface area (Å²) in [6, 6.07) is 31.1. The molecule has 1 heterocycles. The van der Waals surface area contributed by atoms with Crippen molar-refractivity contribution in [2.45, 2.75) is 52.5 Å². The fourth-order valence-corrected chi connectivity index (χ4v) is 8.21. The molecule has 0 spiro atoms. The van der Waals surface area contributed by atoms with Crippen molar-refractivity contribution in [1.82, 2.24) is 4.57 Å². The van der Waals surface area contributed by atoms with E-state index >= 15 is 0 Å². The van der Waals surface area contributed by atoms with Crippen LogP contribution in [0.2, 0.25) is 0 Å². The quantitative estimate of drug-likeness (QED) is 0.128.